The van der Waals surface area contributed by atoms with Gasteiger partial charge in [0.1, 0.15) is 5.82 Å². The van der Waals surface area contributed by atoms with E-state index in [0.29, 0.717) is 12.1 Å². The maximum atomic E-state index is 13.2. The highest BCUT2D eigenvalue weighted by atomic mass is 32.2. The number of thioether (sulfide) groups is 1. The summed E-state index contributed by atoms with van der Waals surface area (Å²) in [4.78, 5) is 16.5. The lowest BCUT2D eigenvalue weighted by molar-refractivity contribution is -0.116. The van der Waals surface area contributed by atoms with E-state index in [2.05, 4.69) is 16.4 Å². The maximum absolute atomic E-state index is 13.2. The van der Waals surface area contributed by atoms with Crippen LogP contribution in [0.5, 0.6) is 0 Å². The van der Waals surface area contributed by atoms with Crippen molar-refractivity contribution in [1.82, 2.24) is 4.98 Å². The first-order valence-corrected chi connectivity index (χ1v) is 9.46. The molecule has 0 unspecified atom stereocenters. The molecule has 0 aliphatic carbocycles. The number of anilines is 1. The van der Waals surface area contributed by atoms with Gasteiger partial charge in [0.25, 0.3) is 0 Å². The Morgan fingerprint density at radius 1 is 1.29 bits per heavy atom. The molecular weight excluding hydrogens is 343 g/mol. The molecule has 0 saturated heterocycles. The Bertz CT molecular complexity index is 830. The first kappa shape index (κ1) is 16.9. The molecule has 0 aliphatic rings. The summed E-state index contributed by atoms with van der Waals surface area (Å²) in [6, 6.07) is 12.5. The normalized spacial score (nSPS) is 10.9. The third-order valence-corrected chi connectivity index (χ3v) is 5.79. The van der Waals surface area contributed by atoms with Crippen molar-refractivity contribution in [3.05, 3.63) is 53.8 Å². The number of hydrogen-bond donors (Lipinski definition) is 1. The molecular formula is C18H17FN2OS2. The maximum Gasteiger partial charge on any atom is 0.224 e. The molecule has 0 spiro atoms. The zero-order valence-electron chi connectivity index (χ0n) is 13.2. The van der Waals surface area contributed by atoms with E-state index in [1.54, 1.807) is 29.2 Å². The van der Waals surface area contributed by atoms with Gasteiger partial charge < -0.3 is 5.32 Å². The Balaban J connectivity index is 1.46. The molecule has 3 aromatic rings. The van der Waals surface area contributed by atoms with E-state index in [4.69, 9.17) is 0 Å². The van der Waals surface area contributed by atoms with Gasteiger partial charge in [-0.1, -0.05) is 30.0 Å². The van der Waals surface area contributed by atoms with Crippen LogP contribution in [0.25, 0.3) is 10.2 Å². The number of halogens is 1. The van der Waals surface area contributed by atoms with E-state index in [-0.39, 0.29) is 11.7 Å². The third kappa shape index (κ3) is 4.33. The molecule has 124 valence electrons. The summed E-state index contributed by atoms with van der Waals surface area (Å²) in [6.07, 6.45) is 1.16. The van der Waals surface area contributed by atoms with Crippen molar-refractivity contribution >= 4 is 44.9 Å². The highest BCUT2D eigenvalue weighted by Gasteiger charge is 2.07. The van der Waals surface area contributed by atoms with Gasteiger partial charge in [-0.3, -0.25) is 4.79 Å². The van der Waals surface area contributed by atoms with Crippen LogP contribution in [0.4, 0.5) is 10.1 Å². The largest absolute Gasteiger partial charge is 0.326 e. The van der Waals surface area contributed by atoms with Gasteiger partial charge in [-0.05, 0) is 43.2 Å². The van der Waals surface area contributed by atoms with Crippen LogP contribution in [0.15, 0.2) is 46.8 Å². The third-order valence-electron chi connectivity index (χ3n) is 3.52. The predicted octanol–water partition coefficient (Wildman–Crippen LogP) is 5.25. The predicted molar refractivity (Wildman–Crippen MR) is 99.3 cm³/mol. The molecule has 0 aliphatic heterocycles. The molecule has 0 atom stereocenters. The Morgan fingerprint density at radius 3 is 2.96 bits per heavy atom. The van der Waals surface area contributed by atoms with Gasteiger partial charge in [-0.25, -0.2) is 9.37 Å². The fourth-order valence-corrected chi connectivity index (χ4v) is 4.32. The number of hydrogen-bond acceptors (Lipinski definition) is 4. The standard InChI is InChI=1S/C18H17FN2OS2/c1-12-8-9-13(19)11-15(12)20-17(22)7-4-10-23-18-21-14-5-2-3-6-16(14)24-18/h2-3,5-6,8-9,11H,4,7,10H2,1H3,(H,20,22). The zero-order valence-corrected chi connectivity index (χ0v) is 14.8. The molecule has 1 aromatic heterocycles. The summed E-state index contributed by atoms with van der Waals surface area (Å²) in [7, 11) is 0. The minimum Gasteiger partial charge on any atom is -0.326 e. The van der Waals surface area contributed by atoms with Crippen molar-refractivity contribution in [2.24, 2.45) is 0 Å². The Morgan fingerprint density at radius 2 is 2.12 bits per heavy atom. The number of fused-ring (bicyclic) bond motifs is 1. The van der Waals surface area contributed by atoms with Crippen LogP contribution in [0.3, 0.4) is 0 Å². The number of nitrogens with one attached hydrogen (secondary N) is 1. The van der Waals surface area contributed by atoms with E-state index in [1.165, 1.54) is 16.8 Å². The first-order chi connectivity index (χ1) is 11.6. The quantitative estimate of drug-likeness (QED) is 0.482. The van der Waals surface area contributed by atoms with Crippen molar-refractivity contribution in [1.29, 1.82) is 0 Å². The van der Waals surface area contributed by atoms with Crippen LogP contribution in [-0.4, -0.2) is 16.6 Å². The number of benzene rings is 2. The summed E-state index contributed by atoms with van der Waals surface area (Å²) < 4.78 is 15.4. The number of amides is 1. The fraction of sp³-hybridized carbons (Fsp3) is 0.222. The molecule has 2 aromatic carbocycles. The second-order valence-electron chi connectivity index (χ2n) is 5.41. The average molecular weight is 360 g/mol. The van der Waals surface area contributed by atoms with Crippen molar-refractivity contribution < 1.29 is 9.18 Å². The lowest BCUT2D eigenvalue weighted by Crippen LogP contribution is -2.12. The molecule has 1 amide bonds. The highest BCUT2D eigenvalue weighted by Crippen LogP contribution is 2.29. The lowest BCUT2D eigenvalue weighted by atomic mass is 10.2. The van der Waals surface area contributed by atoms with Crippen LogP contribution in [0, 0.1) is 12.7 Å². The van der Waals surface area contributed by atoms with Gasteiger partial charge >= 0.3 is 0 Å². The summed E-state index contributed by atoms with van der Waals surface area (Å²) in [5, 5.41) is 2.77. The molecule has 1 N–H and O–H groups in total. The number of aromatic nitrogens is 1. The second-order valence-corrected chi connectivity index (χ2v) is 7.78. The summed E-state index contributed by atoms with van der Waals surface area (Å²) in [5.74, 6) is 0.394. The molecule has 0 fully saturated rings. The van der Waals surface area contributed by atoms with Gasteiger partial charge in [-0.2, -0.15) is 0 Å². The van der Waals surface area contributed by atoms with Crippen molar-refractivity contribution in [3.63, 3.8) is 0 Å². The van der Waals surface area contributed by atoms with Gasteiger partial charge in [-0.15, -0.1) is 11.3 Å². The number of aryl methyl sites for hydroxylation is 1. The number of nitrogens with zero attached hydrogens (tertiary/aromatic N) is 1. The molecule has 6 heteroatoms. The van der Waals surface area contributed by atoms with E-state index in [1.807, 2.05) is 25.1 Å². The van der Waals surface area contributed by atoms with Crippen molar-refractivity contribution in [2.75, 3.05) is 11.1 Å². The fourth-order valence-electron chi connectivity index (χ4n) is 2.25. The minimum absolute atomic E-state index is 0.0893. The lowest BCUT2D eigenvalue weighted by Gasteiger charge is -2.08. The zero-order chi connectivity index (χ0) is 16.9. The van der Waals surface area contributed by atoms with E-state index in [0.717, 1.165) is 27.6 Å². The Labute approximate surface area is 148 Å². The van der Waals surface area contributed by atoms with Gasteiger partial charge in [0.05, 0.1) is 10.2 Å². The van der Waals surface area contributed by atoms with Crippen LogP contribution >= 0.6 is 23.1 Å². The monoisotopic (exact) mass is 360 g/mol. The Kier molecular flexibility index (Phi) is 5.48. The summed E-state index contributed by atoms with van der Waals surface area (Å²) >= 11 is 3.34. The number of carbonyl (C=O) groups is 1. The van der Waals surface area contributed by atoms with Crippen molar-refractivity contribution in [2.45, 2.75) is 24.1 Å². The molecule has 0 saturated carbocycles. The van der Waals surface area contributed by atoms with Gasteiger partial charge in [0, 0.05) is 17.9 Å². The molecule has 1 heterocycles. The molecule has 3 nitrogen and oxygen atoms in total. The van der Waals surface area contributed by atoms with Crippen LogP contribution in [0.1, 0.15) is 18.4 Å². The summed E-state index contributed by atoms with van der Waals surface area (Å²) in [6.45, 7) is 1.85. The molecule has 0 bridgehead atoms. The smallest absolute Gasteiger partial charge is 0.224 e. The van der Waals surface area contributed by atoms with E-state index in [9.17, 15) is 9.18 Å². The highest BCUT2D eigenvalue weighted by molar-refractivity contribution is 8.01. The molecule has 0 radical (unpaired) electrons. The number of para-hydroxylation sites is 1. The summed E-state index contributed by atoms with van der Waals surface area (Å²) in [5.41, 5.74) is 2.41. The van der Waals surface area contributed by atoms with Gasteiger partial charge in [0.15, 0.2) is 4.34 Å². The number of carbonyl (C=O) groups excluding carboxylic acids is 1. The first-order valence-electron chi connectivity index (χ1n) is 7.66. The SMILES string of the molecule is Cc1ccc(F)cc1NC(=O)CCCSc1nc2ccccc2s1. The average Bonchev–Trinajstić information content (AvgIpc) is 2.98. The van der Waals surface area contributed by atoms with Crippen LogP contribution in [0.2, 0.25) is 0 Å². The van der Waals surface area contributed by atoms with Gasteiger partial charge in [0.2, 0.25) is 5.91 Å². The molecule has 24 heavy (non-hydrogen) atoms. The minimum atomic E-state index is -0.345. The Hall–Kier alpha value is -1.92. The van der Waals surface area contributed by atoms with Crippen molar-refractivity contribution in [3.8, 4) is 0 Å². The van der Waals surface area contributed by atoms with E-state index < -0.39 is 0 Å². The number of thiazole rings is 1. The van der Waals surface area contributed by atoms with E-state index >= 15 is 0 Å². The topological polar surface area (TPSA) is 42.0 Å². The number of rotatable bonds is 6. The molecule has 3 rings (SSSR count). The van der Waals surface area contributed by atoms with Crippen LogP contribution < -0.4 is 5.32 Å². The van der Waals surface area contributed by atoms with Crippen LogP contribution in [-0.2, 0) is 4.79 Å². The second kappa shape index (κ2) is 7.77.